The van der Waals surface area contributed by atoms with Gasteiger partial charge in [0.2, 0.25) is 0 Å². The highest BCUT2D eigenvalue weighted by Crippen LogP contribution is 2.44. The first kappa shape index (κ1) is 28.4. The minimum atomic E-state index is -0.338. The number of esters is 1. The van der Waals surface area contributed by atoms with Gasteiger partial charge in [-0.3, -0.25) is 4.90 Å². The highest BCUT2D eigenvalue weighted by molar-refractivity contribution is 5.93. The van der Waals surface area contributed by atoms with Gasteiger partial charge in [-0.25, -0.2) is 9.78 Å². The zero-order valence-electron chi connectivity index (χ0n) is 24.9. The van der Waals surface area contributed by atoms with Gasteiger partial charge in [-0.2, -0.15) is 5.26 Å². The number of likely N-dealkylation sites (tertiary alicyclic amines) is 1. The molecular weight excluding hydrogens is 556 g/mol. The summed E-state index contributed by atoms with van der Waals surface area (Å²) in [4.78, 5) is 19.8. The summed E-state index contributed by atoms with van der Waals surface area (Å²) in [6, 6.07) is 21.5. The van der Waals surface area contributed by atoms with Gasteiger partial charge < -0.3 is 23.5 Å². The van der Waals surface area contributed by atoms with Crippen molar-refractivity contribution in [2.24, 2.45) is 5.92 Å². The molecule has 0 radical (unpaired) electrons. The number of hydrogen-bond donors (Lipinski definition) is 0. The lowest BCUT2D eigenvalue weighted by atomic mass is 9.88. The number of aromatic nitrogens is 2. The fourth-order valence-corrected chi connectivity index (χ4v) is 6.71. The summed E-state index contributed by atoms with van der Waals surface area (Å²) in [6.45, 7) is 5.46. The Labute approximate surface area is 256 Å². The summed E-state index contributed by atoms with van der Waals surface area (Å²) < 4.78 is 25.7. The third-order valence-electron chi connectivity index (χ3n) is 9.17. The lowest BCUT2D eigenvalue weighted by Crippen LogP contribution is -2.34. The minimum absolute atomic E-state index is 0.203. The second kappa shape index (κ2) is 12.3. The molecule has 9 heteroatoms. The zero-order chi connectivity index (χ0) is 30.0. The molecule has 0 aliphatic carbocycles. The highest BCUT2D eigenvalue weighted by atomic mass is 16.6. The molecule has 0 amide bonds. The second-order valence-electron chi connectivity index (χ2n) is 11.9. The van der Waals surface area contributed by atoms with Crippen LogP contribution in [0.25, 0.3) is 11.0 Å². The van der Waals surface area contributed by atoms with Crippen LogP contribution in [0.1, 0.15) is 64.2 Å². The van der Waals surface area contributed by atoms with Crippen molar-refractivity contribution in [2.75, 3.05) is 40.0 Å². The van der Waals surface area contributed by atoms with Crippen LogP contribution in [0.5, 0.6) is 11.5 Å². The SMILES string of the molecule is COC(=O)c1ccc2nc(CN3CCC(c4cccc5c4OC[C@@H](c4ccc(C#N)cc4)O5)CC3)n(CC3CCOC3)c2c1. The van der Waals surface area contributed by atoms with Crippen molar-refractivity contribution in [3.05, 3.63) is 88.7 Å². The summed E-state index contributed by atoms with van der Waals surface area (Å²) in [5.41, 5.74) is 5.25. The fourth-order valence-electron chi connectivity index (χ4n) is 6.71. The van der Waals surface area contributed by atoms with Gasteiger partial charge in [-0.1, -0.05) is 24.3 Å². The van der Waals surface area contributed by atoms with Gasteiger partial charge >= 0.3 is 5.97 Å². The number of para-hydroxylation sites is 1. The summed E-state index contributed by atoms with van der Waals surface area (Å²) in [7, 11) is 1.41. The molecule has 2 fully saturated rings. The number of ether oxygens (including phenoxy) is 4. The smallest absolute Gasteiger partial charge is 0.337 e. The Balaban J connectivity index is 1.05. The van der Waals surface area contributed by atoms with E-state index < -0.39 is 0 Å². The van der Waals surface area contributed by atoms with Crippen LogP contribution in [-0.2, 0) is 22.6 Å². The van der Waals surface area contributed by atoms with E-state index in [1.807, 2.05) is 42.5 Å². The van der Waals surface area contributed by atoms with Crippen LogP contribution in [0.2, 0.25) is 0 Å². The lowest BCUT2D eigenvalue weighted by molar-refractivity contribution is 0.0601. The molecule has 4 aromatic rings. The monoisotopic (exact) mass is 592 g/mol. The average Bonchev–Trinajstić information content (AvgIpc) is 3.72. The van der Waals surface area contributed by atoms with Crippen LogP contribution < -0.4 is 9.47 Å². The Morgan fingerprint density at radius 2 is 1.91 bits per heavy atom. The number of benzene rings is 3. The van der Waals surface area contributed by atoms with E-state index in [9.17, 15) is 4.79 Å². The van der Waals surface area contributed by atoms with Crippen LogP contribution >= 0.6 is 0 Å². The van der Waals surface area contributed by atoms with E-state index in [-0.39, 0.29) is 12.1 Å². The second-order valence-corrected chi connectivity index (χ2v) is 11.9. The largest absolute Gasteiger partial charge is 0.485 e. The van der Waals surface area contributed by atoms with Crippen molar-refractivity contribution in [1.29, 1.82) is 5.26 Å². The average molecular weight is 593 g/mol. The zero-order valence-corrected chi connectivity index (χ0v) is 24.9. The van der Waals surface area contributed by atoms with Gasteiger partial charge in [-0.15, -0.1) is 0 Å². The quantitative estimate of drug-likeness (QED) is 0.255. The van der Waals surface area contributed by atoms with Crippen molar-refractivity contribution in [1.82, 2.24) is 14.5 Å². The molecule has 1 aromatic heterocycles. The van der Waals surface area contributed by atoms with Crippen molar-refractivity contribution >= 4 is 17.0 Å². The number of nitriles is 1. The third-order valence-corrected chi connectivity index (χ3v) is 9.17. The molecule has 3 aromatic carbocycles. The topological polar surface area (TPSA) is 98.8 Å². The molecular formula is C35H36N4O5. The molecule has 0 spiro atoms. The molecule has 7 rings (SSSR count). The number of nitrogens with zero attached hydrogens (tertiary/aromatic N) is 4. The molecule has 0 N–H and O–H groups in total. The minimum Gasteiger partial charge on any atom is -0.485 e. The first-order valence-electron chi connectivity index (χ1n) is 15.4. The molecule has 9 nitrogen and oxygen atoms in total. The molecule has 44 heavy (non-hydrogen) atoms. The van der Waals surface area contributed by atoms with E-state index in [2.05, 4.69) is 27.7 Å². The van der Waals surface area contributed by atoms with Gasteiger partial charge in [0.15, 0.2) is 17.6 Å². The fraction of sp³-hybridized carbons (Fsp3) is 0.400. The Hall–Kier alpha value is -4.39. The van der Waals surface area contributed by atoms with Gasteiger partial charge in [0.1, 0.15) is 12.4 Å². The predicted octanol–water partition coefficient (Wildman–Crippen LogP) is 5.62. The molecule has 2 saturated heterocycles. The molecule has 0 saturated carbocycles. The Morgan fingerprint density at radius 1 is 1.07 bits per heavy atom. The Morgan fingerprint density at radius 3 is 2.66 bits per heavy atom. The van der Waals surface area contributed by atoms with Gasteiger partial charge in [0.05, 0.1) is 48.5 Å². The van der Waals surface area contributed by atoms with Gasteiger partial charge in [0.25, 0.3) is 0 Å². The number of carbonyl (C=O) groups excluding carboxylic acids is 1. The van der Waals surface area contributed by atoms with E-state index >= 15 is 0 Å². The summed E-state index contributed by atoms with van der Waals surface area (Å²) in [6.07, 6.45) is 2.86. The normalized spacial score (nSPS) is 20.5. The van der Waals surface area contributed by atoms with Gasteiger partial charge in [0, 0.05) is 24.6 Å². The summed E-state index contributed by atoms with van der Waals surface area (Å²) >= 11 is 0. The third kappa shape index (κ3) is 5.63. The lowest BCUT2D eigenvalue weighted by Gasteiger charge is -2.34. The van der Waals surface area contributed by atoms with E-state index in [0.717, 1.165) is 92.6 Å². The van der Waals surface area contributed by atoms with Crippen molar-refractivity contribution in [2.45, 2.75) is 44.4 Å². The maximum Gasteiger partial charge on any atom is 0.337 e. The van der Waals surface area contributed by atoms with Crippen LogP contribution in [0.3, 0.4) is 0 Å². The van der Waals surface area contributed by atoms with Crippen molar-refractivity contribution in [3.63, 3.8) is 0 Å². The molecule has 1 unspecified atom stereocenters. The standard InChI is InChI=1S/C35H36N4O5/c1-41-35(40)27-9-10-29-30(17-27)39(19-24-13-16-42-21-24)33(37-29)20-38-14-11-25(12-15-38)28-3-2-4-31-34(28)43-22-32(44-31)26-7-5-23(18-36)6-8-26/h2-10,17,24-25,32H,11-16,19-22H2,1H3/t24?,32-/m0/s1. The first-order chi connectivity index (χ1) is 21.6. The van der Waals surface area contributed by atoms with Crippen molar-refractivity contribution < 1.29 is 23.7 Å². The Bertz CT molecular complexity index is 1690. The molecule has 226 valence electrons. The number of imidazole rings is 1. The number of rotatable bonds is 7. The maximum absolute atomic E-state index is 12.3. The Kier molecular flexibility index (Phi) is 7.94. The van der Waals surface area contributed by atoms with Gasteiger partial charge in [-0.05, 0) is 80.2 Å². The van der Waals surface area contributed by atoms with E-state index in [1.165, 1.54) is 12.7 Å². The predicted molar refractivity (Wildman–Crippen MR) is 164 cm³/mol. The highest BCUT2D eigenvalue weighted by Gasteiger charge is 2.30. The molecule has 3 aliphatic rings. The summed E-state index contributed by atoms with van der Waals surface area (Å²) in [5, 5.41) is 9.11. The number of piperidine rings is 1. The van der Waals surface area contributed by atoms with E-state index in [4.69, 9.17) is 29.2 Å². The number of hydrogen-bond acceptors (Lipinski definition) is 8. The van der Waals surface area contributed by atoms with Crippen LogP contribution in [0.15, 0.2) is 60.7 Å². The number of carbonyl (C=O) groups is 1. The van der Waals surface area contributed by atoms with Crippen LogP contribution in [0.4, 0.5) is 0 Å². The van der Waals surface area contributed by atoms with E-state index in [1.54, 1.807) is 6.07 Å². The summed E-state index contributed by atoms with van der Waals surface area (Å²) in [5.74, 6) is 3.14. The molecule has 3 aliphatic heterocycles. The van der Waals surface area contributed by atoms with Crippen LogP contribution in [0, 0.1) is 17.2 Å². The number of methoxy groups -OCH3 is 1. The number of fused-ring (bicyclic) bond motifs is 2. The first-order valence-corrected chi connectivity index (χ1v) is 15.4. The molecule has 2 atom stereocenters. The molecule has 0 bridgehead atoms. The van der Waals surface area contributed by atoms with Crippen LogP contribution in [-0.4, -0.2) is 60.4 Å². The maximum atomic E-state index is 12.3. The van der Waals surface area contributed by atoms with Crippen molar-refractivity contribution in [3.8, 4) is 17.6 Å². The van der Waals surface area contributed by atoms with E-state index in [0.29, 0.717) is 29.6 Å². The molecule has 4 heterocycles.